The number of carbonyl (C=O) groups excluding carboxylic acids is 1. The van der Waals surface area contributed by atoms with Gasteiger partial charge in [-0.2, -0.15) is 0 Å². The lowest BCUT2D eigenvalue weighted by Gasteiger charge is -1.94. The van der Waals surface area contributed by atoms with E-state index in [1.54, 1.807) is 12.1 Å². The van der Waals surface area contributed by atoms with Crippen molar-refractivity contribution in [3.63, 3.8) is 0 Å². The number of nitrogens with one attached hydrogen (secondary N) is 1. The lowest BCUT2D eigenvalue weighted by Crippen LogP contribution is -2.11. The normalized spacial score (nSPS) is 11.0. The number of anilines is 1. The van der Waals surface area contributed by atoms with Gasteiger partial charge in [-0.1, -0.05) is 28.8 Å². The monoisotopic (exact) mass is 362 g/mol. The second-order valence-electron chi connectivity index (χ2n) is 4.46. The largest absolute Gasteiger partial charge is 0.402 e. The van der Waals surface area contributed by atoms with Crippen molar-refractivity contribution in [1.82, 2.24) is 15.2 Å². The first-order valence-electron chi connectivity index (χ1n) is 6.45. The number of rotatable bonds is 3. The highest BCUT2D eigenvalue weighted by Crippen LogP contribution is 2.31. The summed E-state index contributed by atoms with van der Waals surface area (Å²) in [6.45, 7) is 0. The molecular weight excluding hydrogens is 356 g/mol. The van der Waals surface area contributed by atoms with Crippen LogP contribution in [0.25, 0.3) is 21.0 Å². The van der Waals surface area contributed by atoms with Crippen LogP contribution in [0.1, 0.15) is 9.80 Å². The lowest BCUT2D eigenvalue weighted by atomic mass is 10.3. The Hall–Kier alpha value is -2.29. The van der Waals surface area contributed by atoms with Gasteiger partial charge in [0.25, 0.3) is 11.8 Å². The molecule has 4 rings (SSSR count). The number of halogens is 1. The van der Waals surface area contributed by atoms with Gasteiger partial charge in [0.15, 0.2) is 5.01 Å². The van der Waals surface area contributed by atoms with Crippen LogP contribution >= 0.6 is 34.3 Å². The van der Waals surface area contributed by atoms with Crippen molar-refractivity contribution in [2.75, 3.05) is 5.32 Å². The number of aromatic nitrogens is 3. The Morgan fingerprint density at radius 1 is 1.13 bits per heavy atom. The van der Waals surface area contributed by atoms with Gasteiger partial charge >= 0.3 is 6.01 Å². The molecule has 9 heteroatoms. The van der Waals surface area contributed by atoms with Crippen molar-refractivity contribution in [1.29, 1.82) is 0 Å². The molecule has 3 aromatic heterocycles. The maximum atomic E-state index is 12.2. The lowest BCUT2D eigenvalue weighted by molar-refractivity contribution is 0.102. The van der Waals surface area contributed by atoms with Gasteiger partial charge in [-0.25, -0.2) is 4.98 Å². The van der Waals surface area contributed by atoms with E-state index in [-0.39, 0.29) is 11.9 Å². The molecule has 6 nitrogen and oxygen atoms in total. The molecule has 1 amide bonds. The number of benzene rings is 1. The Kier molecular flexibility index (Phi) is 3.56. The van der Waals surface area contributed by atoms with E-state index in [2.05, 4.69) is 20.5 Å². The quantitative estimate of drug-likeness (QED) is 0.587. The van der Waals surface area contributed by atoms with Crippen LogP contribution in [0.3, 0.4) is 0 Å². The third-order valence-electron chi connectivity index (χ3n) is 2.92. The van der Waals surface area contributed by atoms with Gasteiger partial charge in [-0.3, -0.25) is 10.1 Å². The van der Waals surface area contributed by atoms with E-state index < -0.39 is 0 Å². The highest BCUT2D eigenvalue weighted by Gasteiger charge is 2.16. The predicted molar refractivity (Wildman–Crippen MR) is 90.2 cm³/mol. The van der Waals surface area contributed by atoms with Crippen LogP contribution < -0.4 is 5.32 Å². The van der Waals surface area contributed by atoms with E-state index in [1.807, 2.05) is 24.3 Å². The van der Waals surface area contributed by atoms with E-state index >= 15 is 0 Å². The summed E-state index contributed by atoms with van der Waals surface area (Å²) in [6.07, 6.45) is 0. The molecule has 23 heavy (non-hydrogen) atoms. The Bertz CT molecular complexity index is 974. The summed E-state index contributed by atoms with van der Waals surface area (Å²) in [4.78, 5) is 17.2. The van der Waals surface area contributed by atoms with Crippen LogP contribution in [0.2, 0.25) is 4.34 Å². The van der Waals surface area contributed by atoms with Gasteiger partial charge in [0, 0.05) is 0 Å². The van der Waals surface area contributed by atoms with E-state index in [4.69, 9.17) is 16.0 Å². The number of hydrogen-bond donors (Lipinski definition) is 1. The molecule has 4 aromatic rings. The summed E-state index contributed by atoms with van der Waals surface area (Å²) < 4.78 is 6.99. The third kappa shape index (κ3) is 2.83. The van der Waals surface area contributed by atoms with Crippen LogP contribution in [-0.2, 0) is 0 Å². The van der Waals surface area contributed by atoms with Gasteiger partial charge in [0.2, 0.25) is 0 Å². The summed E-state index contributed by atoms with van der Waals surface area (Å²) >= 11 is 8.49. The Morgan fingerprint density at radius 3 is 2.78 bits per heavy atom. The zero-order valence-corrected chi connectivity index (χ0v) is 13.7. The van der Waals surface area contributed by atoms with Gasteiger partial charge < -0.3 is 4.42 Å². The molecule has 1 aromatic carbocycles. The SMILES string of the molecule is O=C(Nc1nnc(-c2ccc(Cl)s2)o1)c1nc2ccccc2s1. The van der Waals surface area contributed by atoms with Crippen molar-refractivity contribution >= 4 is 56.4 Å². The molecule has 0 radical (unpaired) electrons. The second kappa shape index (κ2) is 5.73. The molecule has 0 aliphatic heterocycles. The molecule has 1 N–H and O–H groups in total. The number of hydrogen-bond acceptors (Lipinski definition) is 7. The number of thiazole rings is 1. The van der Waals surface area contributed by atoms with Gasteiger partial charge in [-0.05, 0) is 24.3 Å². The van der Waals surface area contributed by atoms with Crippen molar-refractivity contribution in [2.45, 2.75) is 0 Å². The molecule has 0 saturated heterocycles. The molecule has 3 heterocycles. The van der Waals surface area contributed by atoms with E-state index in [9.17, 15) is 4.79 Å². The molecule has 0 unspecified atom stereocenters. The van der Waals surface area contributed by atoms with Crippen molar-refractivity contribution in [3.05, 3.63) is 45.7 Å². The molecular formula is C14H7ClN4O2S2. The zero-order chi connectivity index (χ0) is 15.8. The molecule has 0 spiro atoms. The maximum Gasteiger partial charge on any atom is 0.322 e. The summed E-state index contributed by atoms with van der Waals surface area (Å²) in [7, 11) is 0. The van der Waals surface area contributed by atoms with Crippen molar-refractivity contribution < 1.29 is 9.21 Å². The molecule has 0 saturated carbocycles. The Morgan fingerprint density at radius 2 is 2.00 bits per heavy atom. The standard InChI is InChI=1S/C14H7ClN4O2S2/c15-10-6-5-9(22-10)12-18-19-14(21-12)17-11(20)13-16-7-3-1-2-4-8(7)23-13/h1-6H,(H,17,19,20). The average Bonchev–Trinajstić information content (AvgIpc) is 3.25. The van der Waals surface area contributed by atoms with Crippen LogP contribution in [0, 0.1) is 0 Å². The highest BCUT2D eigenvalue weighted by atomic mass is 35.5. The minimum absolute atomic E-state index is 0.0220. The minimum Gasteiger partial charge on any atom is -0.402 e. The molecule has 0 bridgehead atoms. The summed E-state index contributed by atoms with van der Waals surface area (Å²) in [5.74, 6) is -0.0767. The number of nitrogens with zero attached hydrogens (tertiary/aromatic N) is 3. The second-order valence-corrected chi connectivity index (χ2v) is 7.20. The fourth-order valence-electron chi connectivity index (χ4n) is 1.92. The van der Waals surface area contributed by atoms with E-state index in [0.717, 1.165) is 15.1 Å². The first-order chi connectivity index (χ1) is 11.2. The Labute approximate surface area is 142 Å². The van der Waals surface area contributed by atoms with E-state index in [0.29, 0.717) is 15.2 Å². The van der Waals surface area contributed by atoms with Crippen LogP contribution in [0.4, 0.5) is 6.01 Å². The topological polar surface area (TPSA) is 80.9 Å². The zero-order valence-electron chi connectivity index (χ0n) is 11.3. The average molecular weight is 363 g/mol. The van der Waals surface area contributed by atoms with Crippen LogP contribution in [-0.4, -0.2) is 21.1 Å². The first-order valence-corrected chi connectivity index (χ1v) is 8.46. The molecule has 0 aliphatic carbocycles. The van der Waals surface area contributed by atoms with Crippen molar-refractivity contribution in [2.24, 2.45) is 0 Å². The molecule has 0 aliphatic rings. The number of amides is 1. The van der Waals surface area contributed by atoms with Crippen LogP contribution in [0.15, 0.2) is 40.8 Å². The number of carbonyl (C=O) groups is 1. The maximum absolute atomic E-state index is 12.2. The highest BCUT2D eigenvalue weighted by molar-refractivity contribution is 7.20. The molecule has 0 atom stereocenters. The van der Waals surface area contributed by atoms with Gasteiger partial charge in [0.1, 0.15) is 0 Å². The van der Waals surface area contributed by atoms with Crippen molar-refractivity contribution in [3.8, 4) is 10.8 Å². The predicted octanol–water partition coefficient (Wildman–Crippen LogP) is 4.31. The number of para-hydroxylation sites is 1. The van der Waals surface area contributed by atoms with Crippen LogP contribution in [0.5, 0.6) is 0 Å². The van der Waals surface area contributed by atoms with E-state index in [1.165, 1.54) is 22.7 Å². The summed E-state index contributed by atoms with van der Waals surface area (Å²) in [5.41, 5.74) is 0.780. The first kappa shape index (κ1) is 14.3. The fourth-order valence-corrected chi connectivity index (χ4v) is 3.75. The number of fused-ring (bicyclic) bond motifs is 1. The summed E-state index contributed by atoms with van der Waals surface area (Å²) in [5, 5.41) is 10.6. The molecule has 114 valence electrons. The minimum atomic E-state index is -0.384. The smallest absolute Gasteiger partial charge is 0.322 e. The van der Waals surface area contributed by atoms with Gasteiger partial charge in [-0.15, -0.1) is 27.8 Å². The van der Waals surface area contributed by atoms with Gasteiger partial charge in [0.05, 0.1) is 19.4 Å². The fraction of sp³-hybridized carbons (Fsp3) is 0. The number of thiophene rings is 1. The molecule has 0 fully saturated rings. The Balaban J connectivity index is 1.55. The third-order valence-corrected chi connectivity index (χ3v) is 5.17. The summed E-state index contributed by atoms with van der Waals surface area (Å²) in [6, 6.07) is 11.1.